The molecule has 0 heterocycles. The first-order valence-corrected chi connectivity index (χ1v) is 9.22. The second-order valence-corrected chi connectivity index (χ2v) is 7.65. The van der Waals surface area contributed by atoms with Crippen LogP contribution < -0.4 is 0 Å². The standard InChI is InChI=1S/C16H22ClNO4S/c1-4-22-16(19)12-18(11-13(2)3)23(20,21)10-9-14-5-7-15(17)8-6-14/h5-10,13H,4,11-12H2,1-3H3/b10-9+. The molecule has 0 aromatic heterocycles. The number of nitrogens with zero attached hydrogens (tertiary/aromatic N) is 1. The third kappa shape index (κ3) is 7.16. The van der Waals surface area contributed by atoms with E-state index in [1.807, 2.05) is 13.8 Å². The Labute approximate surface area is 142 Å². The molecular formula is C16H22ClNO4S. The Bertz CT molecular complexity index is 639. The summed E-state index contributed by atoms with van der Waals surface area (Å²) in [5, 5.41) is 1.67. The maximum Gasteiger partial charge on any atom is 0.321 e. The lowest BCUT2D eigenvalue weighted by atomic mass is 10.2. The highest BCUT2D eigenvalue weighted by molar-refractivity contribution is 7.92. The van der Waals surface area contributed by atoms with Gasteiger partial charge in [0.2, 0.25) is 10.0 Å². The SMILES string of the molecule is CCOC(=O)CN(CC(C)C)S(=O)(=O)/C=C/c1ccc(Cl)cc1. The molecule has 0 radical (unpaired) electrons. The van der Waals surface area contributed by atoms with Gasteiger partial charge in [0.25, 0.3) is 0 Å². The zero-order chi connectivity index (χ0) is 17.5. The Morgan fingerprint density at radius 3 is 2.43 bits per heavy atom. The molecule has 0 unspecified atom stereocenters. The van der Waals surface area contributed by atoms with Crippen molar-refractivity contribution < 1.29 is 17.9 Å². The predicted molar refractivity (Wildman–Crippen MR) is 92.4 cm³/mol. The quantitative estimate of drug-likeness (QED) is 0.669. The summed E-state index contributed by atoms with van der Waals surface area (Å²) in [5.41, 5.74) is 0.707. The van der Waals surface area contributed by atoms with Crippen molar-refractivity contribution in [3.05, 3.63) is 40.3 Å². The van der Waals surface area contributed by atoms with Gasteiger partial charge in [-0.25, -0.2) is 8.42 Å². The largest absolute Gasteiger partial charge is 0.465 e. The molecule has 0 amide bonds. The summed E-state index contributed by atoms with van der Waals surface area (Å²) in [6, 6.07) is 6.79. The minimum Gasteiger partial charge on any atom is -0.465 e. The molecule has 5 nitrogen and oxygen atoms in total. The van der Waals surface area contributed by atoms with Crippen LogP contribution in [0.3, 0.4) is 0 Å². The van der Waals surface area contributed by atoms with E-state index in [4.69, 9.17) is 16.3 Å². The third-order valence-corrected chi connectivity index (χ3v) is 4.57. The Morgan fingerprint density at radius 2 is 1.91 bits per heavy atom. The summed E-state index contributed by atoms with van der Waals surface area (Å²) < 4.78 is 30.9. The molecule has 7 heteroatoms. The number of esters is 1. The van der Waals surface area contributed by atoms with Crippen LogP contribution in [0.5, 0.6) is 0 Å². The van der Waals surface area contributed by atoms with Gasteiger partial charge in [0.15, 0.2) is 0 Å². The summed E-state index contributed by atoms with van der Waals surface area (Å²) >= 11 is 5.79. The topological polar surface area (TPSA) is 63.7 Å². The van der Waals surface area contributed by atoms with Gasteiger partial charge in [-0.1, -0.05) is 37.6 Å². The average molecular weight is 360 g/mol. The third-order valence-electron chi connectivity index (χ3n) is 2.84. The molecule has 1 rings (SSSR count). The van der Waals surface area contributed by atoms with Crippen LogP contribution in [0.15, 0.2) is 29.7 Å². The fourth-order valence-electron chi connectivity index (χ4n) is 1.84. The number of rotatable bonds is 8. The molecule has 0 spiro atoms. The minimum atomic E-state index is -3.72. The summed E-state index contributed by atoms with van der Waals surface area (Å²) in [6.07, 6.45) is 1.48. The molecule has 1 aromatic rings. The maximum absolute atomic E-state index is 12.5. The molecular weight excluding hydrogens is 338 g/mol. The van der Waals surface area contributed by atoms with Crippen molar-refractivity contribution in [2.24, 2.45) is 5.92 Å². The van der Waals surface area contributed by atoms with E-state index < -0.39 is 16.0 Å². The average Bonchev–Trinajstić information content (AvgIpc) is 2.46. The van der Waals surface area contributed by atoms with E-state index in [1.54, 1.807) is 31.2 Å². The summed E-state index contributed by atoms with van der Waals surface area (Å²) in [6.45, 7) is 5.62. The highest BCUT2D eigenvalue weighted by Gasteiger charge is 2.23. The van der Waals surface area contributed by atoms with Crippen molar-refractivity contribution in [2.75, 3.05) is 19.7 Å². The van der Waals surface area contributed by atoms with E-state index in [1.165, 1.54) is 6.08 Å². The van der Waals surface area contributed by atoms with Crippen LogP contribution in [0.25, 0.3) is 6.08 Å². The van der Waals surface area contributed by atoms with E-state index in [-0.39, 0.29) is 25.6 Å². The number of hydrogen-bond donors (Lipinski definition) is 0. The molecule has 0 aliphatic rings. The fraction of sp³-hybridized carbons (Fsp3) is 0.438. The van der Waals surface area contributed by atoms with Crippen molar-refractivity contribution in [3.63, 3.8) is 0 Å². The lowest BCUT2D eigenvalue weighted by molar-refractivity contribution is -0.143. The van der Waals surface area contributed by atoms with Gasteiger partial charge in [-0.3, -0.25) is 4.79 Å². The number of carbonyl (C=O) groups is 1. The first-order chi connectivity index (χ1) is 10.7. The van der Waals surface area contributed by atoms with E-state index in [0.29, 0.717) is 10.6 Å². The Hall–Kier alpha value is -1.37. The van der Waals surface area contributed by atoms with Crippen molar-refractivity contribution in [3.8, 4) is 0 Å². The van der Waals surface area contributed by atoms with Gasteiger partial charge in [0.05, 0.1) is 6.61 Å². The zero-order valence-electron chi connectivity index (χ0n) is 13.5. The monoisotopic (exact) mass is 359 g/mol. The van der Waals surface area contributed by atoms with Crippen LogP contribution in [0.4, 0.5) is 0 Å². The van der Waals surface area contributed by atoms with Crippen molar-refractivity contribution in [1.29, 1.82) is 0 Å². The fourth-order valence-corrected chi connectivity index (χ4v) is 3.26. The highest BCUT2D eigenvalue weighted by atomic mass is 35.5. The van der Waals surface area contributed by atoms with E-state index in [2.05, 4.69) is 0 Å². The minimum absolute atomic E-state index is 0.0862. The molecule has 0 fully saturated rings. The molecule has 0 saturated heterocycles. The normalized spacial score (nSPS) is 12.3. The first kappa shape index (κ1) is 19.7. The molecule has 128 valence electrons. The first-order valence-electron chi connectivity index (χ1n) is 7.34. The van der Waals surface area contributed by atoms with Crippen LogP contribution in [0.2, 0.25) is 5.02 Å². The molecule has 0 aliphatic carbocycles. The van der Waals surface area contributed by atoms with Gasteiger partial charge in [-0.2, -0.15) is 4.31 Å². The molecule has 0 saturated carbocycles. The smallest absolute Gasteiger partial charge is 0.321 e. The number of hydrogen-bond acceptors (Lipinski definition) is 4. The number of ether oxygens (including phenoxy) is 1. The molecule has 0 N–H and O–H groups in total. The predicted octanol–water partition coefficient (Wildman–Crippen LogP) is 3.16. The number of carbonyl (C=O) groups excluding carboxylic acids is 1. The van der Waals surface area contributed by atoms with E-state index in [9.17, 15) is 13.2 Å². The molecule has 1 aromatic carbocycles. The van der Waals surface area contributed by atoms with Gasteiger partial charge in [-0.05, 0) is 36.6 Å². The van der Waals surface area contributed by atoms with Gasteiger partial charge in [-0.15, -0.1) is 0 Å². The van der Waals surface area contributed by atoms with Crippen molar-refractivity contribution in [2.45, 2.75) is 20.8 Å². The van der Waals surface area contributed by atoms with Crippen molar-refractivity contribution in [1.82, 2.24) is 4.31 Å². The Morgan fingerprint density at radius 1 is 1.30 bits per heavy atom. The number of sulfonamides is 1. The van der Waals surface area contributed by atoms with Crippen LogP contribution in [-0.2, 0) is 19.6 Å². The lowest BCUT2D eigenvalue weighted by Gasteiger charge is -2.21. The van der Waals surface area contributed by atoms with Gasteiger partial charge >= 0.3 is 5.97 Å². The van der Waals surface area contributed by atoms with Crippen LogP contribution in [0.1, 0.15) is 26.3 Å². The van der Waals surface area contributed by atoms with E-state index in [0.717, 1.165) is 9.71 Å². The van der Waals surface area contributed by atoms with Crippen LogP contribution >= 0.6 is 11.6 Å². The second kappa shape index (κ2) is 9.05. The molecule has 0 bridgehead atoms. The summed E-state index contributed by atoms with van der Waals surface area (Å²) in [7, 11) is -3.72. The molecule has 0 atom stereocenters. The van der Waals surface area contributed by atoms with Gasteiger partial charge in [0.1, 0.15) is 6.54 Å². The Balaban J connectivity index is 2.92. The Kier molecular flexibility index (Phi) is 7.75. The van der Waals surface area contributed by atoms with Crippen LogP contribution in [0, 0.1) is 5.92 Å². The van der Waals surface area contributed by atoms with Gasteiger partial charge in [0, 0.05) is 17.0 Å². The lowest BCUT2D eigenvalue weighted by Crippen LogP contribution is -2.37. The maximum atomic E-state index is 12.5. The van der Waals surface area contributed by atoms with Crippen molar-refractivity contribution >= 4 is 33.7 Å². The number of halogens is 1. The summed E-state index contributed by atoms with van der Waals surface area (Å²) in [4.78, 5) is 11.6. The molecule has 23 heavy (non-hydrogen) atoms. The van der Waals surface area contributed by atoms with Gasteiger partial charge < -0.3 is 4.74 Å². The zero-order valence-corrected chi connectivity index (χ0v) is 15.1. The highest BCUT2D eigenvalue weighted by Crippen LogP contribution is 2.13. The summed E-state index contributed by atoms with van der Waals surface area (Å²) in [5.74, 6) is -0.472. The second-order valence-electron chi connectivity index (χ2n) is 5.39. The van der Waals surface area contributed by atoms with Crippen LogP contribution in [-0.4, -0.2) is 38.4 Å². The molecule has 0 aliphatic heterocycles. The number of benzene rings is 1. The van der Waals surface area contributed by atoms with E-state index >= 15 is 0 Å².